The summed E-state index contributed by atoms with van der Waals surface area (Å²) >= 11 is 8.66. The van der Waals surface area contributed by atoms with Gasteiger partial charge in [0.25, 0.3) is 0 Å². The van der Waals surface area contributed by atoms with Gasteiger partial charge in [-0.2, -0.15) is 0 Å². The topological polar surface area (TPSA) is 25.4 Å². The normalized spacial score (nSPS) is 19.7. The number of halogens is 3. The number of rotatable bonds is 3. The van der Waals surface area contributed by atoms with Crippen LogP contribution in [-0.2, 0) is 12.8 Å². The smallest absolute Gasteiger partial charge is 0.210 e. The zero-order valence-electron chi connectivity index (χ0n) is 16.0. The van der Waals surface area contributed by atoms with Crippen LogP contribution < -0.4 is 9.64 Å². The van der Waals surface area contributed by atoms with Crippen molar-refractivity contribution in [1.82, 2.24) is 4.98 Å². The molecule has 3 nitrogen and oxygen atoms in total. The predicted molar refractivity (Wildman–Crippen MR) is 121 cm³/mol. The van der Waals surface area contributed by atoms with Crippen molar-refractivity contribution in [2.75, 3.05) is 4.90 Å². The van der Waals surface area contributed by atoms with Crippen LogP contribution in [0.2, 0.25) is 0 Å². The van der Waals surface area contributed by atoms with E-state index in [4.69, 9.17) is 4.74 Å². The maximum atomic E-state index is 15.0. The Kier molecular flexibility index (Phi) is 4.95. The fourth-order valence-electron chi connectivity index (χ4n) is 4.21. The van der Waals surface area contributed by atoms with Gasteiger partial charge in [0.05, 0.1) is 21.5 Å². The quantitative estimate of drug-likeness (QED) is 0.353. The average Bonchev–Trinajstić information content (AvgIpc) is 3.23. The van der Waals surface area contributed by atoms with Gasteiger partial charge in [-0.15, -0.1) is 11.3 Å². The lowest BCUT2D eigenvalue weighted by molar-refractivity contribution is 0.167. The highest BCUT2D eigenvalue weighted by atomic mass is 79.9. The molecule has 0 amide bonds. The van der Waals surface area contributed by atoms with Crippen LogP contribution >= 0.6 is 43.2 Å². The number of hydrogen-bond donors (Lipinski definition) is 0. The first-order chi connectivity index (χ1) is 13.9. The number of aromatic nitrogens is 1. The highest BCUT2D eigenvalue weighted by Gasteiger charge is 2.44. The minimum Gasteiger partial charge on any atom is -0.465 e. The van der Waals surface area contributed by atoms with E-state index >= 15 is 0 Å². The Hall–Kier alpha value is -1.44. The Morgan fingerprint density at radius 1 is 1.24 bits per heavy atom. The number of nitrogens with zero attached hydrogens (tertiary/aromatic N) is 2. The lowest BCUT2D eigenvalue weighted by Gasteiger charge is -2.40. The van der Waals surface area contributed by atoms with Crippen LogP contribution in [0.1, 0.15) is 47.1 Å². The summed E-state index contributed by atoms with van der Waals surface area (Å²) in [6.45, 7) is 4.39. The van der Waals surface area contributed by atoms with Crippen molar-refractivity contribution in [2.24, 2.45) is 5.92 Å². The second kappa shape index (κ2) is 7.36. The molecule has 29 heavy (non-hydrogen) atoms. The molecule has 0 spiro atoms. The molecule has 1 aromatic heterocycles. The fourth-order valence-corrected chi connectivity index (χ4v) is 6.19. The van der Waals surface area contributed by atoms with Crippen molar-refractivity contribution in [3.05, 3.63) is 72.3 Å². The van der Waals surface area contributed by atoms with E-state index < -0.39 is 0 Å². The Morgan fingerprint density at radius 3 is 2.86 bits per heavy atom. The van der Waals surface area contributed by atoms with Gasteiger partial charge >= 0.3 is 0 Å². The number of hydrogen-bond acceptors (Lipinski definition) is 4. The molecule has 0 fully saturated rings. The lowest BCUT2D eigenvalue weighted by Crippen LogP contribution is -2.37. The molecule has 2 aliphatic rings. The average molecular weight is 538 g/mol. The van der Waals surface area contributed by atoms with Crippen LogP contribution in [0.4, 0.5) is 10.1 Å². The van der Waals surface area contributed by atoms with Crippen molar-refractivity contribution in [3.8, 4) is 5.75 Å². The van der Waals surface area contributed by atoms with Crippen molar-refractivity contribution in [2.45, 2.75) is 39.0 Å². The van der Waals surface area contributed by atoms with Gasteiger partial charge < -0.3 is 9.64 Å². The second-order valence-electron chi connectivity index (χ2n) is 7.92. The molecule has 150 valence electrons. The minimum atomic E-state index is -0.318. The molecule has 2 aliphatic heterocycles. The maximum absolute atomic E-state index is 15.0. The molecule has 2 aromatic carbocycles. The predicted octanol–water partition coefficient (Wildman–Crippen LogP) is 7.20. The largest absolute Gasteiger partial charge is 0.465 e. The molecular weight excluding hydrogens is 519 g/mol. The molecular formula is C22H19Br2FN2OS. The molecule has 3 aromatic rings. The first kappa shape index (κ1) is 19.5. The molecule has 0 aliphatic carbocycles. The van der Waals surface area contributed by atoms with E-state index in [1.807, 2.05) is 18.3 Å². The molecule has 0 saturated heterocycles. The van der Waals surface area contributed by atoms with Gasteiger partial charge in [-0.1, -0.05) is 45.7 Å². The van der Waals surface area contributed by atoms with Crippen LogP contribution in [0.25, 0.3) is 0 Å². The SMILES string of the molecule is CC(C)Cc1ncc(C2Oc3cc(Br)cc(F)c3C3Cc4cc(Br)ccc4N32)s1. The highest BCUT2D eigenvalue weighted by molar-refractivity contribution is 9.10. The van der Waals surface area contributed by atoms with Crippen molar-refractivity contribution in [1.29, 1.82) is 0 Å². The molecule has 5 rings (SSSR count). The molecule has 3 heterocycles. The van der Waals surface area contributed by atoms with Gasteiger partial charge in [-0.25, -0.2) is 9.37 Å². The van der Waals surface area contributed by atoms with Crippen LogP contribution in [0.3, 0.4) is 0 Å². The number of fused-ring (bicyclic) bond motifs is 5. The van der Waals surface area contributed by atoms with Crippen molar-refractivity contribution >= 4 is 48.9 Å². The maximum Gasteiger partial charge on any atom is 0.210 e. The summed E-state index contributed by atoms with van der Waals surface area (Å²) in [6, 6.07) is 9.54. The lowest BCUT2D eigenvalue weighted by atomic mass is 9.99. The van der Waals surface area contributed by atoms with Gasteiger partial charge in [0, 0.05) is 27.3 Å². The standard InChI is InChI=1S/C22H19Br2FN2OS/c1-11(2)5-20-26-10-19(29-20)22-27-16-4-3-13(23)6-12(16)7-17(27)21-15(25)8-14(24)9-18(21)28-22/h3-4,6,8-11,17,22H,5,7H2,1-2H3. The summed E-state index contributed by atoms with van der Waals surface area (Å²) in [5.74, 6) is 0.915. The molecule has 0 N–H and O–H groups in total. The third-order valence-corrected chi connectivity index (χ3v) is 7.35. The van der Waals surface area contributed by atoms with Gasteiger partial charge in [-0.05, 0) is 48.2 Å². The summed E-state index contributed by atoms with van der Waals surface area (Å²) < 4.78 is 23.1. The molecule has 7 heteroatoms. The summed E-state index contributed by atoms with van der Waals surface area (Å²) in [5.41, 5.74) is 2.92. The number of anilines is 1. The fraction of sp³-hybridized carbons (Fsp3) is 0.318. The second-order valence-corrected chi connectivity index (χ2v) is 10.9. The Balaban J connectivity index is 1.64. The summed E-state index contributed by atoms with van der Waals surface area (Å²) in [7, 11) is 0. The first-order valence-corrected chi connectivity index (χ1v) is 12.0. The number of thiazole rings is 1. The number of ether oxygens (including phenoxy) is 1. The van der Waals surface area contributed by atoms with E-state index in [0.717, 1.165) is 32.9 Å². The molecule has 0 bridgehead atoms. The van der Waals surface area contributed by atoms with E-state index in [9.17, 15) is 4.39 Å². The monoisotopic (exact) mass is 536 g/mol. The Bertz CT molecular complexity index is 1100. The van der Waals surface area contributed by atoms with Crippen LogP contribution in [0, 0.1) is 11.7 Å². The van der Waals surface area contributed by atoms with E-state index in [1.54, 1.807) is 11.3 Å². The third kappa shape index (κ3) is 3.41. The Morgan fingerprint density at radius 2 is 2.07 bits per heavy atom. The van der Waals surface area contributed by atoms with Gasteiger partial charge in [-0.3, -0.25) is 0 Å². The van der Waals surface area contributed by atoms with Crippen LogP contribution in [-0.4, -0.2) is 4.98 Å². The van der Waals surface area contributed by atoms with E-state index in [0.29, 0.717) is 21.7 Å². The zero-order valence-corrected chi connectivity index (χ0v) is 19.9. The van der Waals surface area contributed by atoms with E-state index in [1.165, 1.54) is 11.6 Å². The van der Waals surface area contributed by atoms with E-state index in [-0.39, 0.29) is 18.1 Å². The molecule has 0 saturated carbocycles. The highest BCUT2D eigenvalue weighted by Crippen LogP contribution is 2.53. The van der Waals surface area contributed by atoms with Gasteiger partial charge in [0.2, 0.25) is 6.23 Å². The summed E-state index contributed by atoms with van der Waals surface area (Å²) in [4.78, 5) is 7.89. The molecule has 0 radical (unpaired) electrons. The molecule has 2 atom stereocenters. The van der Waals surface area contributed by atoms with Gasteiger partial charge in [0.15, 0.2) is 0 Å². The summed E-state index contributed by atoms with van der Waals surface area (Å²) in [6.07, 6.45) is 3.29. The van der Waals surface area contributed by atoms with Crippen LogP contribution in [0.15, 0.2) is 45.5 Å². The summed E-state index contributed by atoms with van der Waals surface area (Å²) in [5, 5.41) is 1.11. The Labute approximate surface area is 190 Å². The van der Waals surface area contributed by atoms with Crippen LogP contribution in [0.5, 0.6) is 5.75 Å². The minimum absolute atomic E-state index is 0.100. The molecule has 2 unspecified atom stereocenters. The third-order valence-electron chi connectivity index (χ3n) is 5.35. The zero-order chi connectivity index (χ0) is 20.3. The first-order valence-electron chi connectivity index (χ1n) is 9.57. The van der Waals surface area contributed by atoms with E-state index in [2.05, 4.69) is 67.7 Å². The number of benzene rings is 2. The van der Waals surface area contributed by atoms with Gasteiger partial charge in [0.1, 0.15) is 11.6 Å². The van der Waals surface area contributed by atoms with Crippen molar-refractivity contribution in [3.63, 3.8) is 0 Å². The van der Waals surface area contributed by atoms with Crippen molar-refractivity contribution < 1.29 is 9.13 Å².